The first-order chi connectivity index (χ1) is 12.0. The maximum absolute atomic E-state index is 12.3. The molecule has 136 valence electrons. The molecule has 1 aliphatic rings. The molecule has 1 N–H and O–H groups in total. The molecule has 0 spiro atoms. The second-order valence-electron chi connectivity index (χ2n) is 4.99. The van der Waals surface area contributed by atoms with Crippen LogP contribution in [0.1, 0.15) is 5.56 Å². The van der Waals surface area contributed by atoms with Crippen LogP contribution in [0.5, 0.6) is 5.75 Å². The number of nitrogens with zero attached hydrogens (tertiary/aromatic N) is 1. The van der Waals surface area contributed by atoms with Crippen LogP contribution in [0.4, 0.5) is 5.69 Å². The molecule has 0 aliphatic carbocycles. The summed E-state index contributed by atoms with van der Waals surface area (Å²) in [5.74, 6) is -1.04. The van der Waals surface area contributed by atoms with Crippen LogP contribution in [-0.4, -0.2) is 51.7 Å². The van der Waals surface area contributed by atoms with Gasteiger partial charge in [-0.15, -0.1) is 0 Å². The Balaban J connectivity index is 2.72. The molecular weight excluding hydrogens is 398 g/mol. The summed E-state index contributed by atoms with van der Waals surface area (Å²) in [4.78, 5) is 25.8. The summed E-state index contributed by atoms with van der Waals surface area (Å²) >= 11 is 3.34. The van der Waals surface area contributed by atoms with E-state index in [9.17, 15) is 14.7 Å². The SMILES string of the molecule is COC(=O)C1=C(C(=O)OC)N(c2c(CO)cc(Br)cc2OC)COC1. The topological polar surface area (TPSA) is 94.5 Å². The lowest BCUT2D eigenvalue weighted by Crippen LogP contribution is -2.39. The van der Waals surface area contributed by atoms with Gasteiger partial charge in [0.25, 0.3) is 0 Å². The molecule has 0 unspecified atom stereocenters. The number of hydrogen-bond donors (Lipinski definition) is 1. The highest BCUT2D eigenvalue weighted by Crippen LogP contribution is 2.39. The van der Waals surface area contributed by atoms with E-state index in [0.29, 0.717) is 21.5 Å². The number of hydrogen-bond acceptors (Lipinski definition) is 8. The normalized spacial score (nSPS) is 14.4. The smallest absolute Gasteiger partial charge is 0.355 e. The van der Waals surface area contributed by atoms with Crippen molar-refractivity contribution in [2.75, 3.05) is 39.6 Å². The van der Waals surface area contributed by atoms with Gasteiger partial charge in [0.1, 0.15) is 18.2 Å². The summed E-state index contributed by atoms with van der Waals surface area (Å²) in [6.07, 6.45) is 0. The first-order valence-corrected chi connectivity index (χ1v) is 8.00. The molecule has 0 bridgehead atoms. The van der Waals surface area contributed by atoms with E-state index in [1.807, 2.05) is 0 Å². The molecule has 0 fully saturated rings. The number of aliphatic hydroxyl groups is 1. The molecule has 1 aromatic carbocycles. The van der Waals surface area contributed by atoms with Crippen LogP contribution in [0.25, 0.3) is 0 Å². The first kappa shape index (κ1) is 19.2. The minimum absolute atomic E-state index is 0.0177. The van der Waals surface area contributed by atoms with E-state index in [1.54, 1.807) is 12.1 Å². The molecule has 0 radical (unpaired) electrons. The van der Waals surface area contributed by atoms with Gasteiger partial charge < -0.3 is 29.0 Å². The highest BCUT2D eigenvalue weighted by Gasteiger charge is 2.34. The average molecular weight is 416 g/mol. The third-order valence-electron chi connectivity index (χ3n) is 3.61. The van der Waals surface area contributed by atoms with Crippen molar-refractivity contribution in [2.45, 2.75) is 6.61 Å². The van der Waals surface area contributed by atoms with E-state index >= 15 is 0 Å². The number of carbonyl (C=O) groups is 2. The van der Waals surface area contributed by atoms with Gasteiger partial charge in [0, 0.05) is 10.0 Å². The standard InChI is InChI=1S/C16H18BrNO7/c1-22-12-5-10(17)4-9(6-19)13(12)18-8-25-7-11(15(20)23-2)14(18)16(21)24-3/h4-5,19H,6-8H2,1-3H3. The Morgan fingerprint density at radius 2 is 1.92 bits per heavy atom. The molecule has 1 heterocycles. The monoisotopic (exact) mass is 415 g/mol. The minimum atomic E-state index is -0.724. The van der Waals surface area contributed by atoms with E-state index in [2.05, 4.69) is 15.9 Å². The number of methoxy groups -OCH3 is 3. The van der Waals surface area contributed by atoms with Crippen LogP contribution in [0.2, 0.25) is 0 Å². The molecule has 9 heteroatoms. The molecule has 8 nitrogen and oxygen atoms in total. The summed E-state index contributed by atoms with van der Waals surface area (Å²) in [7, 11) is 3.88. The van der Waals surface area contributed by atoms with Crippen molar-refractivity contribution in [2.24, 2.45) is 0 Å². The van der Waals surface area contributed by atoms with Gasteiger partial charge in [0.15, 0.2) is 0 Å². The second-order valence-corrected chi connectivity index (χ2v) is 5.91. The Bertz CT molecular complexity index is 691. The zero-order valence-corrected chi connectivity index (χ0v) is 15.6. The van der Waals surface area contributed by atoms with Crippen LogP contribution >= 0.6 is 15.9 Å². The Labute approximate surface area is 153 Å². The van der Waals surface area contributed by atoms with E-state index in [0.717, 1.165) is 0 Å². The van der Waals surface area contributed by atoms with Crippen molar-refractivity contribution in [1.82, 2.24) is 0 Å². The summed E-state index contributed by atoms with van der Waals surface area (Å²) in [6, 6.07) is 3.36. The lowest BCUT2D eigenvalue weighted by Gasteiger charge is -2.33. The second kappa shape index (κ2) is 8.32. The lowest BCUT2D eigenvalue weighted by atomic mass is 10.1. The highest BCUT2D eigenvalue weighted by molar-refractivity contribution is 9.10. The molecule has 0 aromatic heterocycles. The van der Waals surface area contributed by atoms with Crippen LogP contribution in [0, 0.1) is 0 Å². The van der Waals surface area contributed by atoms with Crippen LogP contribution in [0.15, 0.2) is 27.9 Å². The number of halogens is 1. The summed E-state index contributed by atoms with van der Waals surface area (Å²) in [6.45, 7) is -0.444. The Kier molecular flexibility index (Phi) is 6.40. The molecule has 0 saturated heterocycles. The van der Waals surface area contributed by atoms with Gasteiger partial charge in [-0.25, -0.2) is 9.59 Å². The molecule has 0 atom stereocenters. The maximum atomic E-state index is 12.3. The first-order valence-electron chi connectivity index (χ1n) is 7.20. The van der Waals surface area contributed by atoms with Gasteiger partial charge in [-0.05, 0) is 12.1 Å². The van der Waals surface area contributed by atoms with Crippen LogP contribution in [-0.2, 0) is 30.4 Å². The quantitative estimate of drug-likeness (QED) is 0.719. The van der Waals surface area contributed by atoms with Gasteiger partial charge in [-0.2, -0.15) is 0 Å². The third-order valence-corrected chi connectivity index (χ3v) is 4.07. The Morgan fingerprint density at radius 1 is 1.24 bits per heavy atom. The molecule has 0 saturated carbocycles. The zero-order valence-electron chi connectivity index (χ0n) is 14.0. The van der Waals surface area contributed by atoms with Gasteiger partial charge >= 0.3 is 11.9 Å². The molecule has 1 aliphatic heterocycles. The van der Waals surface area contributed by atoms with E-state index in [1.165, 1.54) is 26.2 Å². The largest absolute Gasteiger partial charge is 0.495 e. The van der Waals surface area contributed by atoms with E-state index < -0.39 is 11.9 Å². The number of esters is 2. The third kappa shape index (κ3) is 3.78. The van der Waals surface area contributed by atoms with Gasteiger partial charge in [0.2, 0.25) is 0 Å². The molecule has 0 amide bonds. The number of anilines is 1. The number of ether oxygens (including phenoxy) is 4. The fourth-order valence-corrected chi connectivity index (χ4v) is 3.02. The fraction of sp³-hybridized carbons (Fsp3) is 0.375. The van der Waals surface area contributed by atoms with Gasteiger partial charge in [-0.3, -0.25) is 0 Å². The number of rotatable bonds is 5. The van der Waals surface area contributed by atoms with Crippen molar-refractivity contribution < 1.29 is 33.6 Å². The van der Waals surface area contributed by atoms with Crippen molar-refractivity contribution in [3.63, 3.8) is 0 Å². The molecule has 1 aromatic rings. The predicted octanol–water partition coefficient (Wildman–Crippen LogP) is 1.34. The Hall–Kier alpha value is -2.10. The predicted molar refractivity (Wildman–Crippen MR) is 91.0 cm³/mol. The summed E-state index contributed by atoms with van der Waals surface area (Å²) in [5, 5.41) is 9.73. The number of benzene rings is 1. The average Bonchev–Trinajstić information content (AvgIpc) is 2.65. The van der Waals surface area contributed by atoms with Crippen molar-refractivity contribution in [3.05, 3.63) is 33.4 Å². The fourth-order valence-electron chi connectivity index (χ4n) is 2.53. The van der Waals surface area contributed by atoms with Crippen molar-refractivity contribution in [1.29, 1.82) is 0 Å². The van der Waals surface area contributed by atoms with Gasteiger partial charge in [-0.1, -0.05) is 15.9 Å². The van der Waals surface area contributed by atoms with Crippen LogP contribution in [0.3, 0.4) is 0 Å². The minimum Gasteiger partial charge on any atom is -0.495 e. The van der Waals surface area contributed by atoms with E-state index in [4.69, 9.17) is 18.9 Å². The summed E-state index contributed by atoms with van der Waals surface area (Å²) in [5.41, 5.74) is 0.877. The molecule has 2 rings (SSSR count). The maximum Gasteiger partial charge on any atom is 0.355 e. The Morgan fingerprint density at radius 3 is 2.48 bits per heavy atom. The number of aliphatic hydroxyl groups excluding tert-OH is 1. The van der Waals surface area contributed by atoms with Crippen molar-refractivity contribution >= 4 is 33.6 Å². The summed E-state index contributed by atoms with van der Waals surface area (Å²) < 4.78 is 21.1. The molecule has 25 heavy (non-hydrogen) atoms. The lowest BCUT2D eigenvalue weighted by molar-refractivity contribution is -0.140. The van der Waals surface area contributed by atoms with Crippen LogP contribution < -0.4 is 9.64 Å². The number of carbonyl (C=O) groups excluding carboxylic acids is 2. The molecular formula is C16H18BrNO7. The highest BCUT2D eigenvalue weighted by atomic mass is 79.9. The van der Waals surface area contributed by atoms with Gasteiger partial charge in [0.05, 0.1) is 45.8 Å². The zero-order chi connectivity index (χ0) is 18.6. The van der Waals surface area contributed by atoms with Crippen molar-refractivity contribution in [3.8, 4) is 5.75 Å². The van der Waals surface area contributed by atoms with E-state index in [-0.39, 0.29) is 31.2 Å².